The number of thiazole rings is 1. The zero-order valence-electron chi connectivity index (χ0n) is 16.7. The Bertz CT molecular complexity index is 1240. The Labute approximate surface area is 181 Å². The number of fused-ring (bicyclic) bond motifs is 1. The van der Waals surface area contributed by atoms with Crippen LogP contribution in [-0.2, 0) is 17.9 Å². The van der Waals surface area contributed by atoms with Crippen LogP contribution in [0.4, 0.5) is 5.13 Å². The van der Waals surface area contributed by atoms with Gasteiger partial charge in [0, 0.05) is 13.1 Å². The lowest BCUT2D eigenvalue weighted by molar-refractivity contribution is -0.122. The minimum absolute atomic E-state index is 0.222. The van der Waals surface area contributed by atoms with Gasteiger partial charge in [-0.1, -0.05) is 11.3 Å². The van der Waals surface area contributed by atoms with E-state index in [-0.39, 0.29) is 19.0 Å². The van der Waals surface area contributed by atoms with Gasteiger partial charge in [0.25, 0.3) is 5.56 Å². The summed E-state index contributed by atoms with van der Waals surface area (Å²) in [6.07, 6.45) is 6.53. The quantitative estimate of drug-likeness (QED) is 0.492. The first-order valence-corrected chi connectivity index (χ1v) is 11.0. The summed E-state index contributed by atoms with van der Waals surface area (Å²) in [6.45, 7) is 1.86. The van der Waals surface area contributed by atoms with E-state index in [4.69, 9.17) is 8.83 Å². The maximum Gasteiger partial charge on any atom is 0.294 e. The molecule has 1 saturated heterocycles. The van der Waals surface area contributed by atoms with Gasteiger partial charge in [-0.05, 0) is 43.5 Å². The van der Waals surface area contributed by atoms with Gasteiger partial charge >= 0.3 is 0 Å². The second-order valence-corrected chi connectivity index (χ2v) is 8.34. The number of carbonyl (C=O) groups is 1. The molecule has 0 atom stereocenters. The van der Waals surface area contributed by atoms with Crippen molar-refractivity contribution < 1.29 is 13.6 Å². The van der Waals surface area contributed by atoms with E-state index in [1.165, 1.54) is 17.8 Å². The van der Waals surface area contributed by atoms with Gasteiger partial charge in [0.2, 0.25) is 5.91 Å². The van der Waals surface area contributed by atoms with Gasteiger partial charge in [-0.3, -0.25) is 9.59 Å². The van der Waals surface area contributed by atoms with Crippen LogP contribution in [-0.4, -0.2) is 33.8 Å². The average Bonchev–Trinajstić information content (AvgIpc) is 3.56. The van der Waals surface area contributed by atoms with E-state index in [2.05, 4.69) is 20.3 Å². The molecular formula is C21H21N5O4S. The highest BCUT2D eigenvalue weighted by Crippen LogP contribution is 2.34. The fourth-order valence-electron chi connectivity index (χ4n) is 3.64. The van der Waals surface area contributed by atoms with E-state index in [9.17, 15) is 9.59 Å². The molecule has 0 spiro atoms. The molecule has 4 aromatic rings. The molecule has 1 aliphatic rings. The van der Waals surface area contributed by atoms with Crippen LogP contribution < -0.4 is 15.8 Å². The monoisotopic (exact) mass is 439 g/mol. The van der Waals surface area contributed by atoms with E-state index in [1.807, 2.05) is 0 Å². The van der Waals surface area contributed by atoms with E-state index in [0.717, 1.165) is 35.7 Å². The second-order valence-electron chi connectivity index (χ2n) is 7.37. The summed E-state index contributed by atoms with van der Waals surface area (Å²) in [7, 11) is 0. The largest absolute Gasteiger partial charge is 0.467 e. The third-order valence-corrected chi connectivity index (χ3v) is 6.33. The smallest absolute Gasteiger partial charge is 0.294 e. The van der Waals surface area contributed by atoms with Gasteiger partial charge in [0.1, 0.15) is 18.0 Å². The number of anilines is 1. The Morgan fingerprint density at radius 2 is 1.94 bits per heavy atom. The molecule has 9 nitrogen and oxygen atoms in total. The number of amides is 1. The SMILES string of the molecule is O=C(Cn1nc(-c2ccco2)c2sc(N3CCCCC3)nc2c1=O)NCc1ccco1. The maximum absolute atomic E-state index is 13.1. The highest BCUT2D eigenvalue weighted by atomic mass is 32.1. The molecule has 0 aliphatic carbocycles. The molecule has 160 valence electrons. The van der Waals surface area contributed by atoms with Crippen LogP contribution in [0.2, 0.25) is 0 Å². The molecule has 31 heavy (non-hydrogen) atoms. The van der Waals surface area contributed by atoms with Crippen LogP contribution >= 0.6 is 11.3 Å². The lowest BCUT2D eigenvalue weighted by atomic mass is 10.1. The molecule has 5 rings (SSSR count). The predicted molar refractivity (Wildman–Crippen MR) is 116 cm³/mol. The fourth-order valence-corrected chi connectivity index (χ4v) is 4.74. The molecule has 1 amide bonds. The van der Waals surface area contributed by atoms with Crippen molar-refractivity contribution in [3.63, 3.8) is 0 Å². The molecule has 0 saturated carbocycles. The number of nitrogens with zero attached hydrogens (tertiary/aromatic N) is 4. The van der Waals surface area contributed by atoms with E-state index < -0.39 is 5.56 Å². The molecule has 1 aliphatic heterocycles. The first-order valence-electron chi connectivity index (χ1n) is 10.2. The Balaban J connectivity index is 1.50. The normalized spacial score (nSPS) is 14.3. The Morgan fingerprint density at radius 3 is 2.68 bits per heavy atom. The lowest BCUT2D eigenvalue weighted by Crippen LogP contribution is -2.33. The van der Waals surface area contributed by atoms with Crippen molar-refractivity contribution in [2.75, 3.05) is 18.0 Å². The third kappa shape index (κ3) is 3.98. The summed E-state index contributed by atoms with van der Waals surface area (Å²) < 4.78 is 12.6. The number of hydrogen-bond donors (Lipinski definition) is 1. The molecule has 4 aromatic heterocycles. The summed E-state index contributed by atoms with van der Waals surface area (Å²) in [4.78, 5) is 32.4. The molecule has 1 N–H and O–H groups in total. The van der Waals surface area contributed by atoms with E-state index in [0.29, 0.717) is 27.4 Å². The number of aromatic nitrogens is 3. The second kappa shape index (κ2) is 8.38. The van der Waals surface area contributed by atoms with E-state index >= 15 is 0 Å². The van der Waals surface area contributed by atoms with Crippen molar-refractivity contribution in [1.29, 1.82) is 0 Å². The van der Waals surface area contributed by atoms with Gasteiger partial charge in [0.15, 0.2) is 16.4 Å². The molecule has 0 radical (unpaired) electrons. The van der Waals surface area contributed by atoms with Crippen molar-refractivity contribution in [3.05, 3.63) is 52.9 Å². The van der Waals surface area contributed by atoms with Gasteiger partial charge in [0.05, 0.1) is 23.8 Å². The average molecular weight is 439 g/mol. The minimum atomic E-state index is -0.391. The van der Waals surface area contributed by atoms with Crippen LogP contribution in [0, 0.1) is 0 Å². The van der Waals surface area contributed by atoms with Crippen LogP contribution in [0.25, 0.3) is 21.7 Å². The van der Waals surface area contributed by atoms with Crippen molar-refractivity contribution in [3.8, 4) is 11.5 Å². The summed E-state index contributed by atoms with van der Waals surface area (Å²) in [5.41, 5.74) is 0.433. The topological polar surface area (TPSA) is 106 Å². The first kappa shape index (κ1) is 19.6. The van der Waals surface area contributed by atoms with Crippen molar-refractivity contribution in [2.24, 2.45) is 0 Å². The third-order valence-electron chi connectivity index (χ3n) is 5.20. The van der Waals surface area contributed by atoms with Gasteiger partial charge in [-0.25, -0.2) is 9.67 Å². The molecular weight excluding hydrogens is 418 g/mol. The molecule has 10 heteroatoms. The molecule has 5 heterocycles. The van der Waals surface area contributed by atoms with Crippen molar-refractivity contribution in [1.82, 2.24) is 20.1 Å². The summed E-state index contributed by atoms with van der Waals surface area (Å²) >= 11 is 1.44. The van der Waals surface area contributed by atoms with Crippen molar-refractivity contribution >= 4 is 32.6 Å². The van der Waals surface area contributed by atoms with Gasteiger partial charge in [-0.2, -0.15) is 5.10 Å². The number of rotatable bonds is 6. The Hall–Kier alpha value is -3.40. The Morgan fingerprint density at radius 1 is 1.13 bits per heavy atom. The molecule has 0 unspecified atom stereocenters. The van der Waals surface area contributed by atoms with Crippen LogP contribution in [0.3, 0.4) is 0 Å². The molecule has 0 bridgehead atoms. The first-order chi connectivity index (χ1) is 15.2. The maximum atomic E-state index is 13.1. The van der Waals surface area contributed by atoms with Crippen molar-refractivity contribution in [2.45, 2.75) is 32.4 Å². The number of furan rings is 2. The predicted octanol–water partition coefficient (Wildman–Crippen LogP) is 3.01. The molecule has 0 aromatic carbocycles. The Kier molecular flexibility index (Phi) is 5.29. The number of hydrogen-bond acceptors (Lipinski definition) is 8. The fraction of sp³-hybridized carbons (Fsp3) is 0.333. The highest BCUT2D eigenvalue weighted by molar-refractivity contribution is 7.22. The minimum Gasteiger partial charge on any atom is -0.467 e. The van der Waals surface area contributed by atoms with Gasteiger partial charge < -0.3 is 19.1 Å². The number of carbonyl (C=O) groups excluding carboxylic acids is 1. The van der Waals surface area contributed by atoms with Gasteiger partial charge in [-0.15, -0.1) is 0 Å². The van der Waals surface area contributed by atoms with Crippen LogP contribution in [0.15, 0.2) is 50.4 Å². The highest BCUT2D eigenvalue weighted by Gasteiger charge is 2.23. The summed E-state index contributed by atoms with van der Waals surface area (Å²) in [5, 5.41) is 8.01. The number of nitrogens with one attached hydrogen (secondary N) is 1. The summed E-state index contributed by atoms with van der Waals surface area (Å²) in [5.74, 6) is 0.817. The zero-order chi connectivity index (χ0) is 21.2. The van der Waals surface area contributed by atoms with Crippen LogP contribution in [0.5, 0.6) is 0 Å². The zero-order valence-corrected chi connectivity index (χ0v) is 17.6. The molecule has 1 fully saturated rings. The number of piperidine rings is 1. The van der Waals surface area contributed by atoms with E-state index in [1.54, 1.807) is 36.8 Å². The van der Waals surface area contributed by atoms with Crippen LogP contribution in [0.1, 0.15) is 25.0 Å². The lowest BCUT2D eigenvalue weighted by Gasteiger charge is -2.25. The standard InChI is InChI=1S/C21H21N5O4S/c27-16(22-12-14-6-4-10-29-14)13-26-20(28)18-19(17(24-26)15-7-5-11-30-15)31-21(23-18)25-8-2-1-3-9-25/h4-7,10-11H,1-3,8-9,12-13H2,(H,22,27). The summed E-state index contributed by atoms with van der Waals surface area (Å²) in [6, 6.07) is 7.07.